The summed E-state index contributed by atoms with van der Waals surface area (Å²) in [6.45, 7) is 5.38. The van der Waals surface area contributed by atoms with Gasteiger partial charge in [-0.15, -0.1) is 0 Å². The summed E-state index contributed by atoms with van der Waals surface area (Å²) in [6, 6.07) is 12.6. The van der Waals surface area contributed by atoms with E-state index in [0.717, 1.165) is 5.56 Å². The fourth-order valence-electron chi connectivity index (χ4n) is 3.13. The van der Waals surface area contributed by atoms with E-state index in [1.165, 1.54) is 24.3 Å². The average Bonchev–Trinajstić information content (AvgIpc) is 2.77. The number of nitrogens with zero attached hydrogens (tertiary/aromatic N) is 2. The summed E-state index contributed by atoms with van der Waals surface area (Å²) < 4.78 is 13.3. The normalized spacial score (nSPS) is 13.7. The summed E-state index contributed by atoms with van der Waals surface area (Å²) in [7, 11) is 0. The van der Waals surface area contributed by atoms with E-state index in [2.05, 4.69) is 11.9 Å². The Bertz CT molecular complexity index is 919. The number of benzene rings is 2. The van der Waals surface area contributed by atoms with E-state index in [9.17, 15) is 18.8 Å². The second-order valence-electron chi connectivity index (χ2n) is 6.71. The third-order valence-corrected chi connectivity index (χ3v) is 4.78. The largest absolute Gasteiger partial charge is 0.348 e. The molecule has 0 spiro atoms. The Morgan fingerprint density at radius 1 is 0.931 bits per heavy atom. The molecule has 0 radical (unpaired) electrons. The number of rotatable bonds is 5. The Labute approximate surface area is 168 Å². The van der Waals surface area contributed by atoms with Crippen molar-refractivity contribution in [1.29, 1.82) is 0 Å². The lowest BCUT2D eigenvalue weighted by molar-refractivity contribution is -0.116. The van der Waals surface area contributed by atoms with Crippen LogP contribution in [0.2, 0.25) is 0 Å². The van der Waals surface area contributed by atoms with E-state index in [1.54, 1.807) is 40.1 Å². The molecule has 2 aromatic carbocycles. The molecule has 0 atom stereocenters. The van der Waals surface area contributed by atoms with Crippen molar-refractivity contribution in [1.82, 2.24) is 15.1 Å². The monoisotopic (exact) mass is 395 g/mol. The smallest absolute Gasteiger partial charge is 0.254 e. The molecule has 0 saturated carbocycles. The zero-order valence-corrected chi connectivity index (χ0v) is 15.9. The number of hydrogen-bond acceptors (Lipinski definition) is 3. The molecule has 150 valence electrons. The van der Waals surface area contributed by atoms with Crippen molar-refractivity contribution in [2.24, 2.45) is 0 Å². The van der Waals surface area contributed by atoms with Gasteiger partial charge in [0.1, 0.15) is 5.82 Å². The quantitative estimate of drug-likeness (QED) is 0.790. The Morgan fingerprint density at radius 2 is 1.52 bits per heavy atom. The van der Waals surface area contributed by atoms with E-state index >= 15 is 0 Å². The number of carbonyl (C=O) groups excluding carboxylic acids is 3. The summed E-state index contributed by atoms with van der Waals surface area (Å²) in [5, 5.41) is 2.68. The lowest BCUT2D eigenvalue weighted by atomic mass is 10.1. The minimum atomic E-state index is -0.447. The van der Waals surface area contributed by atoms with E-state index in [1.807, 2.05) is 0 Å². The van der Waals surface area contributed by atoms with Crippen molar-refractivity contribution >= 4 is 17.7 Å². The zero-order chi connectivity index (χ0) is 20.8. The SMILES string of the molecule is C=CC(=O)NCc1ccc(C(=O)N2CCN(C(=O)c3cccc(F)c3)CC2)cc1. The number of nitrogens with one attached hydrogen (secondary N) is 1. The van der Waals surface area contributed by atoms with Gasteiger partial charge < -0.3 is 15.1 Å². The summed E-state index contributed by atoms with van der Waals surface area (Å²) >= 11 is 0. The first-order valence-corrected chi connectivity index (χ1v) is 9.31. The molecule has 0 unspecified atom stereocenters. The van der Waals surface area contributed by atoms with Gasteiger partial charge in [0.15, 0.2) is 0 Å². The van der Waals surface area contributed by atoms with Crippen LogP contribution in [0.15, 0.2) is 61.2 Å². The topological polar surface area (TPSA) is 69.7 Å². The minimum absolute atomic E-state index is 0.107. The zero-order valence-electron chi connectivity index (χ0n) is 15.9. The molecule has 2 aromatic rings. The highest BCUT2D eigenvalue weighted by molar-refractivity contribution is 5.96. The van der Waals surface area contributed by atoms with Gasteiger partial charge in [-0.25, -0.2) is 4.39 Å². The fourth-order valence-corrected chi connectivity index (χ4v) is 3.13. The highest BCUT2D eigenvalue weighted by Gasteiger charge is 2.25. The van der Waals surface area contributed by atoms with Gasteiger partial charge in [-0.05, 0) is 42.0 Å². The predicted molar refractivity (Wildman–Crippen MR) is 107 cm³/mol. The summed E-state index contributed by atoms with van der Waals surface area (Å²) in [5.74, 6) is -1.04. The standard InChI is InChI=1S/C22H22FN3O3/c1-2-20(27)24-15-16-6-8-17(9-7-16)21(28)25-10-12-26(13-11-25)22(29)18-4-3-5-19(23)14-18/h2-9,14H,1,10-13,15H2,(H,24,27). The summed E-state index contributed by atoms with van der Waals surface area (Å²) in [6.07, 6.45) is 1.20. The lowest BCUT2D eigenvalue weighted by Crippen LogP contribution is -2.50. The second kappa shape index (κ2) is 9.14. The van der Waals surface area contributed by atoms with Gasteiger partial charge in [-0.1, -0.05) is 24.8 Å². The molecule has 1 N–H and O–H groups in total. The summed E-state index contributed by atoms with van der Waals surface area (Å²) in [5.41, 5.74) is 1.74. The van der Waals surface area contributed by atoms with Crippen LogP contribution in [0.25, 0.3) is 0 Å². The number of piperazine rings is 1. The molecule has 3 rings (SSSR count). The molecule has 1 fully saturated rings. The molecule has 29 heavy (non-hydrogen) atoms. The van der Waals surface area contributed by atoms with Crippen LogP contribution in [0, 0.1) is 5.82 Å². The second-order valence-corrected chi connectivity index (χ2v) is 6.71. The Hall–Kier alpha value is -3.48. The van der Waals surface area contributed by atoms with Crippen molar-refractivity contribution in [2.45, 2.75) is 6.54 Å². The number of carbonyl (C=O) groups is 3. The van der Waals surface area contributed by atoms with E-state index < -0.39 is 5.82 Å². The molecule has 1 heterocycles. The fraction of sp³-hybridized carbons (Fsp3) is 0.227. The van der Waals surface area contributed by atoms with Crippen LogP contribution in [-0.4, -0.2) is 53.7 Å². The van der Waals surface area contributed by atoms with Gasteiger partial charge in [0.25, 0.3) is 11.8 Å². The van der Waals surface area contributed by atoms with Crippen molar-refractivity contribution in [3.8, 4) is 0 Å². The van der Waals surface area contributed by atoms with Crippen molar-refractivity contribution < 1.29 is 18.8 Å². The van der Waals surface area contributed by atoms with E-state index in [0.29, 0.717) is 43.9 Å². The van der Waals surface area contributed by atoms with Crippen LogP contribution < -0.4 is 5.32 Å². The third kappa shape index (κ3) is 5.07. The van der Waals surface area contributed by atoms with Crippen LogP contribution in [-0.2, 0) is 11.3 Å². The van der Waals surface area contributed by atoms with Crippen molar-refractivity contribution in [2.75, 3.05) is 26.2 Å². The molecular weight excluding hydrogens is 373 g/mol. The Kier molecular flexibility index (Phi) is 6.39. The Morgan fingerprint density at radius 3 is 2.07 bits per heavy atom. The summed E-state index contributed by atoms with van der Waals surface area (Å²) in [4.78, 5) is 39.7. The first-order valence-electron chi connectivity index (χ1n) is 9.31. The molecule has 3 amide bonds. The maximum atomic E-state index is 13.3. The molecule has 6 nitrogen and oxygen atoms in total. The van der Waals surface area contributed by atoms with Gasteiger partial charge in [0.05, 0.1) is 0 Å². The molecule has 1 saturated heterocycles. The van der Waals surface area contributed by atoms with Gasteiger partial charge >= 0.3 is 0 Å². The van der Waals surface area contributed by atoms with Gasteiger partial charge in [0.2, 0.25) is 5.91 Å². The minimum Gasteiger partial charge on any atom is -0.348 e. The molecule has 0 aliphatic carbocycles. The van der Waals surface area contributed by atoms with Gasteiger partial charge in [-0.2, -0.15) is 0 Å². The van der Waals surface area contributed by atoms with Crippen molar-refractivity contribution in [3.63, 3.8) is 0 Å². The van der Waals surface area contributed by atoms with Crippen LogP contribution >= 0.6 is 0 Å². The lowest BCUT2D eigenvalue weighted by Gasteiger charge is -2.35. The van der Waals surface area contributed by atoms with Crippen LogP contribution in [0.4, 0.5) is 4.39 Å². The highest BCUT2D eigenvalue weighted by atomic mass is 19.1. The number of amides is 3. The molecule has 7 heteroatoms. The van der Waals surface area contributed by atoms with Crippen molar-refractivity contribution in [3.05, 3.63) is 83.7 Å². The van der Waals surface area contributed by atoms with E-state index in [4.69, 9.17) is 0 Å². The number of halogens is 1. The van der Waals surface area contributed by atoms with Gasteiger partial charge in [-0.3, -0.25) is 14.4 Å². The highest BCUT2D eigenvalue weighted by Crippen LogP contribution is 2.13. The Balaban J connectivity index is 1.55. The average molecular weight is 395 g/mol. The molecule has 1 aliphatic rings. The van der Waals surface area contributed by atoms with Crippen LogP contribution in [0.3, 0.4) is 0 Å². The van der Waals surface area contributed by atoms with Crippen LogP contribution in [0.5, 0.6) is 0 Å². The maximum Gasteiger partial charge on any atom is 0.254 e. The third-order valence-electron chi connectivity index (χ3n) is 4.78. The molecule has 1 aliphatic heterocycles. The molecular formula is C22H22FN3O3. The first kappa shape index (κ1) is 20.3. The first-order chi connectivity index (χ1) is 14.0. The van der Waals surface area contributed by atoms with Crippen LogP contribution in [0.1, 0.15) is 26.3 Å². The van der Waals surface area contributed by atoms with Gasteiger partial charge in [0, 0.05) is 43.9 Å². The number of hydrogen-bond donors (Lipinski definition) is 1. The molecule has 0 bridgehead atoms. The predicted octanol–water partition coefficient (Wildman–Crippen LogP) is 2.23. The van der Waals surface area contributed by atoms with E-state index in [-0.39, 0.29) is 17.7 Å². The maximum absolute atomic E-state index is 13.3. The molecule has 0 aromatic heterocycles.